The summed E-state index contributed by atoms with van der Waals surface area (Å²) < 4.78 is 1.45. The highest BCUT2D eigenvalue weighted by Gasteiger charge is 2.14. The molecule has 0 saturated heterocycles. The number of nitrogens with one attached hydrogen (secondary N) is 2. The van der Waals surface area contributed by atoms with Crippen molar-refractivity contribution in [2.75, 3.05) is 0 Å². The van der Waals surface area contributed by atoms with Crippen molar-refractivity contribution >= 4 is 28.5 Å². The van der Waals surface area contributed by atoms with Gasteiger partial charge in [0.25, 0.3) is 5.91 Å². The molecule has 0 saturated carbocycles. The van der Waals surface area contributed by atoms with Crippen molar-refractivity contribution in [3.05, 3.63) is 87.6 Å². The van der Waals surface area contributed by atoms with E-state index >= 15 is 0 Å². The number of aromatic amines is 1. The summed E-state index contributed by atoms with van der Waals surface area (Å²) in [5.41, 5.74) is 1.73. The summed E-state index contributed by atoms with van der Waals surface area (Å²) in [5.74, 6) is 0.0299. The van der Waals surface area contributed by atoms with E-state index in [9.17, 15) is 9.59 Å². The Hall–Kier alpha value is -3.45. The zero-order chi connectivity index (χ0) is 18.8. The van der Waals surface area contributed by atoms with Gasteiger partial charge in [0, 0.05) is 17.3 Å². The van der Waals surface area contributed by atoms with Crippen molar-refractivity contribution in [3.63, 3.8) is 0 Å². The highest BCUT2D eigenvalue weighted by Crippen LogP contribution is 2.12. The molecule has 4 aromatic rings. The molecule has 0 spiro atoms. The van der Waals surface area contributed by atoms with Crippen LogP contribution in [0.5, 0.6) is 0 Å². The van der Waals surface area contributed by atoms with Crippen molar-refractivity contribution in [1.82, 2.24) is 25.1 Å². The molecule has 1 amide bonds. The second-order valence-corrected chi connectivity index (χ2v) is 6.27. The molecule has 2 heterocycles. The Balaban J connectivity index is 1.55. The van der Waals surface area contributed by atoms with Gasteiger partial charge in [0.15, 0.2) is 5.69 Å². The van der Waals surface area contributed by atoms with Gasteiger partial charge in [-0.2, -0.15) is 5.10 Å². The molecule has 7 nitrogen and oxygen atoms in total. The third-order valence-corrected chi connectivity index (χ3v) is 4.22. The maximum Gasteiger partial charge on any atom is 0.276 e. The third kappa shape index (κ3) is 3.58. The van der Waals surface area contributed by atoms with Crippen LogP contribution in [0.3, 0.4) is 0 Å². The number of H-pyrrole nitrogens is 1. The summed E-state index contributed by atoms with van der Waals surface area (Å²) in [6.45, 7) is 0.157. The summed E-state index contributed by atoms with van der Waals surface area (Å²) in [4.78, 5) is 32.0. The molecule has 134 valence electrons. The van der Waals surface area contributed by atoms with Crippen molar-refractivity contribution in [1.29, 1.82) is 0 Å². The lowest BCUT2D eigenvalue weighted by Gasteiger charge is -2.07. The zero-order valence-corrected chi connectivity index (χ0v) is 14.8. The van der Waals surface area contributed by atoms with Crippen LogP contribution < -0.4 is 10.7 Å². The van der Waals surface area contributed by atoms with E-state index < -0.39 is 11.3 Å². The Morgan fingerprint density at radius 2 is 1.89 bits per heavy atom. The number of carbonyl (C=O) groups excluding carboxylic acids is 1. The number of rotatable bonds is 4. The predicted octanol–water partition coefficient (Wildman–Crippen LogP) is 2.69. The maximum absolute atomic E-state index is 12.4. The molecule has 2 aromatic heterocycles. The van der Waals surface area contributed by atoms with Gasteiger partial charge >= 0.3 is 0 Å². The molecule has 0 aliphatic heterocycles. The van der Waals surface area contributed by atoms with Gasteiger partial charge < -0.3 is 10.3 Å². The standard InChI is InChI=1S/C19H14ClN5O2/c20-12-5-7-13(8-6-12)25-10-9-16(26)18(24-25)19(27)21-11-17-22-14-3-1-2-4-15(14)23-17/h1-10H,11H2,(H,21,27)(H,22,23). The fourth-order valence-electron chi connectivity index (χ4n) is 2.64. The number of aromatic nitrogens is 4. The first-order valence-electron chi connectivity index (χ1n) is 8.18. The van der Waals surface area contributed by atoms with Crippen LogP contribution in [0, 0.1) is 0 Å². The highest BCUT2D eigenvalue weighted by molar-refractivity contribution is 6.30. The van der Waals surface area contributed by atoms with Crippen LogP contribution >= 0.6 is 11.6 Å². The SMILES string of the molecule is O=C(NCc1nc2ccccc2[nH]1)c1nn(-c2ccc(Cl)cc2)ccc1=O. The fraction of sp³-hybridized carbons (Fsp3) is 0.0526. The summed E-state index contributed by atoms with van der Waals surface area (Å²) >= 11 is 5.88. The Kier molecular flexibility index (Phi) is 4.43. The predicted molar refractivity (Wildman–Crippen MR) is 102 cm³/mol. The molecule has 4 rings (SSSR count). The molecule has 0 atom stereocenters. The van der Waals surface area contributed by atoms with E-state index in [-0.39, 0.29) is 12.2 Å². The average molecular weight is 380 g/mol. The topological polar surface area (TPSA) is 92.7 Å². The van der Waals surface area contributed by atoms with E-state index in [1.54, 1.807) is 24.3 Å². The summed E-state index contributed by atoms with van der Waals surface area (Å²) in [6, 6.07) is 15.8. The molecule has 2 aromatic carbocycles. The molecule has 27 heavy (non-hydrogen) atoms. The van der Waals surface area contributed by atoms with E-state index in [1.807, 2.05) is 24.3 Å². The van der Waals surface area contributed by atoms with Crippen LogP contribution in [0.2, 0.25) is 5.02 Å². The quantitative estimate of drug-likeness (QED) is 0.570. The molecule has 0 unspecified atom stereocenters. The first-order chi connectivity index (χ1) is 13.1. The molecule has 0 aliphatic carbocycles. The first kappa shape index (κ1) is 17.0. The molecule has 2 N–H and O–H groups in total. The highest BCUT2D eigenvalue weighted by atomic mass is 35.5. The van der Waals surface area contributed by atoms with Crippen LogP contribution in [0.4, 0.5) is 0 Å². The van der Waals surface area contributed by atoms with Crippen LogP contribution in [0.25, 0.3) is 16.7 Å². The first-order valence-corrected chi connectivity index (χ1v) is 8.56. The molecular formula is C19H14ClN5O2. The number of fused-ring (bicyclic) bond motifs is 1. The smallest absolute Gasteiger partial charge is 0.276 e. The van der Waals surface area contributed by atoms with Gasteiger partial charge in [-0.25, -0.2) is 9.67 Å². The summed E-state index contributed by atoms with van der Waals surface area (Å²) in [7, 11) is 0. The largest absolute Gasteiger partial charge is 0.343 e. The number of para-hydroxylation sites is 2. The van der Waals surface area contributed by atoms with Crippen LogP contribution in [-0.2, 0) is 6.54 Å². The van der Waals surface area contributed by atoms with E-state index in [0.717, 1.165) is 11.0 Å². The lowest BCUT2D eigenvalue weighted by Crippen LogP contribution is -2.31. The molecular weight excluding hydrogens is 366 g/mol. The number of carbonyl (C=O) groups is 1. The van der Waals surface area contributed by atoms with Crippen molar-refractivity contribution in [3.8, 4) is 5.69 Å². The van der Waals surface area contributed by atoms with Gasteiger partial charge in [-0.15, -0.1) is 0 Å². The Bertz CT molecular complexity index is 1150. The summed E-state index contributed by atoms with van der Waals surface area (Å²) in [6.07, 6.45) is 1.50. The molecule has 0 bridgehead atoms. The lowest BCUT2D eigenvalue weighted by atomic mass is 10.3. The van der Waals surface area contributed by atoms with Crippen LogP contribution in [0.15, 0.2) is 65.6 Å². The number of amides is 1. The molecule has 0 fully saturated rings. The minimum absolute atomic E-state index is 0.157. The average Bonchev–Trinajstić information content (AvgIpc) is 3.10. The Labute approximate surface area is 158 Å². The third-order valence-electron chi connectivity index (χ3n) is 3.97. The monoisotopic (exact) mass is 379 g/mol. The number of imidazole rings is 1. The number of hydrogen-bond acceptors (Lipinski definition) is 4. The van der Waals surface area contributed by atoms with Crippen molar-refractivity contribution in [2.24, 2.45) is 0 Å². The number of hydrogen-bond donors (Lipinski definition) is 2. The molecule has 0 aliphatic rings. The van der Waals surface area contributed by atoms with E-state index in [4.69, 9.17) is 11.6 Å². The zero-order valence-electron chi connectivity index (χ0n) is 14.0. The van der Waals surface area contributed by atoms with Crippen molar-refractivity contribution in [2.45, 2.75) is 6.54 Å². The van der Waals surface area contributed by atoms with Gasteiger partial charge in [0.2, 0.25) is 5.43 Å². The van der Waals surface area contributed by atoms with Crippen molar-refractivity contribution < 1.29 is 4.79 Å². The second-order valence-electron chi connectivity index (χ2n) is 5.83. The fourth-order valence-corrected chi connectivity index (χ4v) is 2.77. The van der Waals surface area contributed by atoms with Gasteiger partial charge in [0.1, 0.15) is 5.82 Å². The molecule has 8 heteroatoms. The van der Waals surface area contributed by atoms with Gasteiger partial charge in [-0.3, -0.25) is 9.59 Å². The minimum atomic E-state index is -0.566. The van der Waals surface area contributed by atoms with Gasteiger partial charge in [0.05, 0.1) is 23.3 Å². The van der Waals surface area contributed by atoms with Crippen LogP contribution in [-0.4, -0.2) is 25.7 Å². The van der Waals surface area contributed by atoms with E-state index in [0.29, 0.717) is 16.5 Å². The normalized spacial score (nSPS) is 10.9. The van der Waals surface area contributed by atoms with E-state index in [2.05, 4.69) is 20.4 Å². The summed E-state index contributed by atoms with van der Waals surface area (Å²) in [5, 5.41) is 7.41. The van der Waals surface area contributed by atoms with Gasteiger partial charge in [-0.05, 0) is 36.4 Å². The number of halogens is 1. The maximum atomic E-state index is 12.4. The molecule has 0 radical (unpaired) electrons. The Morgan fingerprint density at radius 3 is 2.67 bits per heavy atom. The number of nitrogens with zero attached hydrogens (tertiary/aromatic N) is 3. The second kappa shape index (κ2) is 7.05. The lowest BCUT2D eigenvalue weighted by molar-refractivity contribution is 0.0942. The van der Waals surface area contributed by atoms with Crippen LogP contribution in [0.1, 0.15) is 16.3 Å². The van der Waals surface area contributed by atoms with E-state index in [1.165, 1.54) is 16.9 Å². The Morgan fingerprint density at radius 1 is 1.11 bits per heavy atom. The minimum Gasteiger partial charge on any atom is -0.343 e. The van der Waals surface area contributed by atoms with Gasteiger partial charge in [-0.1, -0.05) is 23.7 Å². The number of benzene rings is 2.